The Labute approximate surface area is 175 Å². The molecule has 0 aliphatic rings. The number of benzene rings is 1. The second-order valence-electron chi connectivity index (χ2n) is 8.23. The van der Waals surface area contributed by atoms with Crippen LogP contribution >= 0.6 is 0 Å². The van der Waals surface area contributed by atoms with E-state index in [1.807, 2.05) is 12.1 Å². The van der Waals surface area contributed by atoms with Crippen LogP contribution in [-0.4, -0.2) is 14.2 Å². The lowest BCUT2D eigenvalue weighted by molar-refractivity contribution is 0.398. The van der Waals surface area contributed by atoms with Crippen molar-refractivity contribution in [1.29, 1.82) is 0 Å². The van der Waals surface area contributed by atoms with Crippen LogP contribution in [0.15, 0.2) is 18.2 Å². The maximum atomic E-state index is 5.47. The van der Waals surface area contributed by atoms with E-state index in [9.17, 15) is 0 Å². The Morgan fingerprint density at radius 2 is 1.04 bits per heavy atom. The van der Waals surface area contributed by atoms with Crippen LogP contribution in [0.25, 0.3) is 0 Å². The van der Waals surface area contributed by atoms with Crippen molar-refractivity contribution in [3.63, 3.8) is 0 Å². The monoisotopic (exact) mass is 390 g/mol. The Bertz CT molecular complexity index is 470. The van der Waals surface area contributed by atoms with Crippen molar-refractivity contribution in [3.8, 4) is 11.5 Å². The Morgan fingerprint density at radius 1 is 0.571 bits per heavy atom. The van der Waals surface area contributed by atoms with Gasteiger partial charge in [-0.05, 0) is 36.6 Å². The summed E-state index contributed by atoms with van der Waals surface area (Å²) >= 11 is 0. The molecule has 0 aliphatic heterocycles. The largest absolute Gasteiger partial charge is 0.497 e. The summed E-state index contributed by atoms with van der Waals surface area (Å²) < 4.78 is 10.8. The van der Waals surface area contributed by atoms with Gasteiger partial charge in [-0.15, -0.1) is 0 Å². The molecule has 0 heterocycles. The van der Waals surface area contributed by atoms with Gasteiger partial charge in [-0.2, -0.15) is 0 Å². The highest BCUT2D eigenvalue weighted by atomic mass is 16.5. The molecule has 0 bridgehead atoms. The van der Waals surface area contributed by atoms with E-state index in [0.29, 0.717) is 0 Å². The van der Waals surface area contributed by atoms with Crippen LogP contribution < -0.4 is 9.47 Å². The van der Waals surface area contributed by atoms with Crippen molar-refractivity contribution in [2.45, 2.75) is 116 Å². The lowest BCUT2D eigenvalue weighted by atomic mass is 10.0. The van der Waals surface area contributed by atoms with Gasteiger partial charge in [0, 0.05) is 0 Å². The highest BCUT2D eigenvalue weighted by molar-refractivity contribution is 5.40. The number of hydrogen-bond acceptors (Lipinski definition) is 2. The van der Waals surface area contributed by atoms with E-state index < -0.39 is 0 Å². The first kappa shape index (κ1) is 24.9. The summed E-state index contributed by atoms with van der Waals surface area (Å²) in [5.41, 5.74) is 1.27. The maximum Gasteiger partial charge on any atom is 0.122 e. The highest BCUT2D eigenvalue weighted by Gasteiger charge is 2.04. The second kappa shape index (κ2) is 17.9. The molecule has 0 N–H and O–H groups in total. The van der Waals surface area contributed by atoms with Crippen molar-refractivity contribution in [1.82, 2.24) is 0 Å². The summed E-state index contributed by atoms with van der Waals surface area (Å²) in [6, 6.07) is 6.10. The third kappa shape index (κ3) is 12.3. The van der Waals surface area contributed by atoms with Gasteiger partial charge in [-0.3, -0.25) is 0 Å². The van der Waals surface area contributed by atoms with Crippen LogP contribution in [0, 0.1) is 0 Å². The molecule has 1 aromatic rings. The van der Waals surface area contributed by atoms with Crippen LogP contribution in [-0.2, 0) is 6.42 Å². The predicted octanol–water partition coefficient (Wildman–Crippen LogP) is 8.51. The van der Waals surface area contributed by atoms with Crippen LogP contribution in [0.1, 0.15) is 115 Å². The number of ether oxygens (including phenoxy) is 2. The summed E-state index contributed by atoms with van der Waals surface area (Å²) in [7, 11) is 3.47. The summed E-state index contributed by atoms with van der Waals surface area (Å²) in [6.45, 7) is 2.29. The number of hydrogen-bond donors (Lipinski definition) is 0. The smallest absolute Gasteiger partial charge is 0.122 e. The Morgan fingerprint density at radius 3 is 1.46 bits per heavy atom. The van der Waals surface area contributed by atoms with Gasteiger partial charge in [-0.1, -0.05) is 103 Å². The highest BCUT2D eigenvalue weighted by Crippen LogP contribution is 2.25. The topological polar surface area (TPSA) is 18.5 Å². The van der Waals surface area contributed by atoms with E-state index in [2.05, 4.69) is 13.0 Å². The van der Waals surface area contributed by atoms with E-state index in [0.717, 1.165) is 17.9 Å². The number of unbranched alkanes of at least 4 members (excludes halogenated alkanes) is 15. The average molecular weight is 391 g/mol. The first-order chi connectivity index (χ1) is 13.8. The second-order valence-corrected chi connectivity index (χ2v) is 8.23. The number of methoxy groups -OCH3 is 2. The van der Waals surface area contributed by atoms with Crippen LogP contribution in [0.4, 0.5) is 0 Å². The number of rotatable bonds is 19. The van der Waals surface area contributed by atoms with Crippen molar-refractivity contribution < 1.29 is 9.47 Å². The zero-order valence-electron chi connectivity index (χ0n) is 19.1. The van der Waals surface area contributed by atoms with Gasteiger partial charge in [0.15, 0.2) is 0 Å². The third-order valence-corrected chi connectivity index (χ3v) is 5.79. The molecule has 0 atom stereocenters. The summed E-state index contributed by atoms with van der Waals surface area (Å²) in [4.78, 5) is 0. The van der Waals surface area contributed by atoms with E-state index in [1.165, 1.54) is 108 Å². The van der Waals surface area contributed by atoms with Gasteiger partial charge >= 0.3 is 0 Å². The third-order valence-electron chi connectivity index (χ3n) is 5.79. The summed E-state index contributed by atoms with van der Waals surface area (Å²) in [5.74, 6) is 1.91. The fourth-order valence-corrected chi connectivity index (χ4v) is 3.94. The minimum Gasteiger partial charge on any atom is -0.497 e. The Balaban J connectivity index is 1.89. The van der Waals surface area contributed by atoms with Gasteiger partial charge in [0.1, 0.15) is 11.5 Å². The maximum absolute atomic E-state index is 5.47. The molecule has 0 aliphatic carbocycles. The fourth-order valence-electron chi connectivity index (χ4n) is 3.94. The lowest BCUT2D eigenvalue weighted by Crippen LogP contribution is -1.94. The molecule has 0 unspecified atom stereocenters. The van der Waals surface area contributed by atoms with Crippen LogP contribution in [0.2, 0.25) is 0 Å². The van der Waals surface area contributed by atoms with Gasteiger partial charge in [0.2, 0.25) is 0 Å². The Hall–Kier alpha value is -1.18. The predicted molar refractivity (Wildman–Crippen MR) is 123 cm³/mol. The molecule has 0 fully saturated rings. The molecular formula is C26H46O2. The quantitative estimate of drug-likeness (QED) is 0.220. The zero-order chi connectivity index (χ0) is 20.3. The van der Waals surface area contributed by atoms with E-state index in [1.54, 1.807) is 14.2 Å². The minimum absolute atomic E-state index is 0.923. The van der Waals surface area contributed by atoms with Gasteiger partial charge in [0.25, 0.3) is 0 Å². The number of aryl methyl sites for hydroxylation is 1. The van der Waals surface area contributed by atoms with Crippen molar-refractivity contribution in [3.05, 3.63) is 23.8 Å². The molecule has 162 valence electrons. The van der Waals surface area contributed by atoms with Gasteiger partial charge < -0.3 is 9.47 Å². The van der Waals surface area contributed by atoms with E-state index in [-0.39, 0.29) is 0 Å². The summed E-state index contributed by atoms with van der Waals surface area (Å²) in [5, 5.41) is 0. The van der Waals surface area contributed by atoms with Crippen molar-refractivity contribution in [2.75, 3.05) is 14.2 Å². The van der Waals surface area contributed by atoms with Gasteiger partial charge in [-0.25, -0.2) is 0 Å². The molecule has 0 amide bonds. The van der Waals surface area contributed by atoms with Crippen molar-refractivity contribution >= 4 is 0 Å². The molecule has 28 heavy (non-hydrogen) atoms. The Kier molecular flexibility index (Phi) is 15.9. The molecule has 0 spiro atoms. The first-order valence-electron chi connectivity index (χ1n) is 12.0. The minimum atomic E-state index is 0.923. The molecule has 0 aromatic heterocycles. The van der Waals surface area contributed by atoms with Crippen LogP contribution in [0.5, 0.6) is 11.5 Å². The molecule has 1 aromatic carbocycles. The first-order valence-corrected chi connectivity index (χ1v) is 12.0. The lowest BCUT2D eigenvalue weighted by Gasteiger charge is -2.10. The molecular weight excluding hydrogens is 344 g/mol. The molecule has 0 saturated heterocycles. The van der Waals surface area contributed by atoms with Crippen LogP contribution in [0.3, 0.4) is 0 Å². The van der Waals surface area contributed by atoms with E-state index in [4.69, 9.17) is 9.47 Å². The van der Waals surface area contributed by atoms with Gasteiger partial charge in [0.05, 0.1) is 14.2 Å². The van der Waals surface area contributed by atoms with E-state index >= 15 is 0 Å². The standard InChI is InChI=1S/C26H46O2/c1-4-5-6-7-8-9-10-11-12-13-14-15-16-17-18-19-20-24-23-25(27-2)21-22-26(24)28-3/h21-23H,4-20H2,1-3H3. The summed E-state index contributed by atoms with van der Waals surface area (Å²) in [6.07, 6.45) is 23.7. The molecule has 0 saturated carbocycles. The molecule has 0 radical (unpaired) electrons. The van der Waals surface area contributed by atoms with Crippen molar-refractivity contribution in [2.24, 2.45) is 0 Å². The fraction of sp³-hybridized carbons (Fsp3) is 0.769. The molecule has 2 heteroatoms. The molecule has 2 nitrogen and oxygen atoms in total. The normalized spacial score (nSPS) is 11.0. The zero-order valence-corrected chi connectivity index (χ0v) is 19.1. The average Bonchev–Trinajstić information content (AvgIpc) is 2.73. The SMILES string of the molecule is CCCCCCCCCCCCCCCCCCc1cc(OC)ccc1OC. The molecule has 1 rings (SSSR count).